The molecule has 12 aromatic rings. The minimum Gasteiger partial charge on any atom is -0.456 e. The quantitative estimate of drug-likeness (QED) is 0.161. The predicted octanol–water partition coefficient (Wildman–Crippen LogP) is 14.9. The average molecular weight is 793 g/mol. The first-order valence-corrected chi connectivity index (χ1v) is 20.9. The summed E-state index contributed by atoms with van der Waals surface area (Å²) in [5, 5.41) is 4.54. The van der Waals surface area contributed by atoms with E-state index in [1.165, 1.54) is 27.4 Å². The summed E-state index contributed by atoms with van der Waals surface area (Å²) in [5.74, 6) is 1.80. The fourth-order valence-corrected chi connectivity index (χ4v) is 9.04. The zero-order valence-electron chi connectivity index (χ0n) is 33.5. The third-order valence-corrected chi connectivity index (χ3v) is 11.9. The highest BCUT2D eigenvalue weighted by Gasteiger charge is 2.21. The van der Waals surface area contributed by atoms with Crippen LogP contribution in [0.15, 0.2) is 223 Å². The molecule has 0 amide bonds. The van der Waals surface area contributed by atoms with E-state index in [4.69, 9.17) is 19.4 Å². The summed E-state index contributed by atoms with van der Waals surface area (Å²) in [6, 6.07) is 76.3. The van der Waals surface area contributed by atoms with Crippen LogP contribution in [0.5, 0.6) is 0 Å². The Morgan fingerprint density at radius 1 is 0.323 bits per heavy atom. The summed E-state index contributed by atoms with van der Waals surface area (Å²) in [5.41, 5.74) is 14.6. The summed E-state index contributed by atoms with van der Waals surface area (Å²) >= 11 is 0. The van der Waals surface area contributed by atoms with Crippen molar-refractivity contribution < 1.29 is 4.42 Å². The molecule has 9 aromatic carbocycles. The second-order valence-electron chi connectivity index (χ2n) is 15.5. The Balaban J connectivity index is 1.01. The van der Waals surface area contributed by atoms with Gasteiger partial charge in [-0.3, -0.25) is 0 Å². The maximum atomic E-state index is 6.73. The standard InChI is InChI=1S/C57H36N4O/c1-4-17-37(18-5-1)39-21-14-22-40(35-39)56-58-55(38-19-6-2-7-20-38)59-57(60-56)41-33-34-49-52(36-41)62-51-32-16-28-46(53(49)51)43-25-10-11-26-44(43)47-29-15-30-48-45-27-12-13-31-50(45)61(54(47)48)42-23-8-3-9-24-42/h1-36H. The molecular weight excluding hydrogens is 757 g/mol. The van der Waals surface area contributed by atoms with E-state index in [0.29, 0.717) is 17.5 Å². The Morgan fingerprint density at radius 3 is 1.63 bits per heavy atom. The fraction of sp³-hybridized carbons (Fsp3) is 0. The average Bonchev–Trinajstić information content (AvgIpc) is 3.90. The molecule has 0 saturated carbocycles. The first-order chi connectivity index (χ1) is 30.7. The van der Waals surface area contributed by atoms with Crippen LogP contribution < -0.4 is 0 Å². The van der Waals surface area contributed by atoms with Crippen LogP contribution in [0, 0.1) is 0 Å². The normalized spacial score (nSPS) is 11.5. The molecule has 5 heteroatoms. The molecule has 0 unspecified atom stereocenters. The van der Waals surface area contributed by atoms with Gasteiger partial charge in [-0.2, -0.15) is 0 Å². The van der Waals surface area contributed by atoms with E-state index in [9.17, 15) is 0 Å². The maximum absolute atomic E-state index is 6.73. The van der Waals surface area contributed by atoms with E-state index in [-0.39, 0.29) is 0 Å². The molecule has 3 aromatic heterocycles. The van der Waals surface area contributed by atoms with Crippen LogP contribution in [0.1, 0.15) is 0 Å². The van der Waals surface area contributed by atoms with Crippen LogP contribution in [0.25, 0.3) is 117 Å². The van der Waals surface area contributed by atoms with Crippen molar-refractivity contribution in [1.82, 2.24) is 19.5 Å². The zero-order valence-corrected chi connectivity index (χ0v) is 33.5. The molecule has 0 aliphatic rings. The number of nitrogens with zero attached hydrogens (tertiary/aromatic N) is 4. The van der Waals surface area contributed by atoms with Crippen molar-refractivity contribution in [3.63, 3.8) is 0 Å². The lowest BCUT2D eigenvalue weighted by Crippen LogP contribution is -2.00. The lowest BCUT2D eigenvalue weighted by molar-refractivity contribution is 0.669. The number of fused-ring (bicyclic) bond motifs is 6. The van der Waals surface area contributed by atoms with Gasteiger partial charge in [0.25, 0.3) is 0 Å². The lowest BCUT2D eigenvalue weighted by atomic mass is 9.91. The van der Waals surface area contributed by atoms with Crippen LogP contribution >= 0.6 is 0 Å². The monoisotopic (exact) mass is 792 g/mol. The smallest absolute Gasteiger partial charge is 0.164 e. The topological polar surface area (TPSA) is 56.7 Å². The molecule has 5 nitrogen and oxygen atoms in total. The molecule has 290 valence electrons. The Morgan fingerprint density at radius 2 is 0.855 bits per heavy atom. The molecule has 0 bridgehead atoms. The van der Waals surface area contributed by atoms with E-state index in [1.54, 1.807) is 0 Å². The Hall–Kier alpha value is -8.41. The van der Waals surface area contributed by atoms with E-state index < -0.39 is 0 Å². The number of furan rings is 1. The molecule has 0 N–H and O–H groups in total. The number of hydrogen-bond donors (Lipinski definition) is 0. The summed E-state index contributed by atoms with van der Waals surface area (Å²) in [6.45, 7) is 0. The van der Waals surface area contributed by atoms with Gasteiger partial charge in [0.2, 0.25) is 0 Å². The summed E-state index contributed by atoms with van der Waals surface area (Å²) < 4.78 is 9.13. The number of para-hydroxylation sites is 3. The van der Waals surface area contributed by atoms with Crippen LogP contribution in [0.4, 0.5) is 0 Å². The third kappa shape index (κ3) is 5.98. The highest BCUT2D eigenvalue weighted by Crippen LogP contribution is 2.45. The van der Waals surface area contributed by atoms with E-state index in [2.05, 4.69) is 187 Å². The SMILES string of the molecule is c1ccc(-c2cccc(-c3nc(-c4ccccc4)nc(-c4ccc5c(c4)oc4cccc(-c6ccccc6-c6cccc7c8ccccc8n(-c8ccccc8)c67)c45)n3)c2)cc1. The van der Waals surface area contributed by atoms with Crippen LogP contribution in [-0.4, -0.2) is 19.5 Å². The molecule has 62 heavy (non-hydrogen) atoms. The first-order valence-electron chi connectivity index (χ1n) is 20.9. The van der Waals surface area contributed by atoms with Crippen LogP contribution in [-0.2, 0) is 0 Å². The molecule has 0 fully saturated rings. The number of rotatable bonds is 7. The Bertz CT molecular complexity index is 3630. The van der Waals surface area contributed by atoms with Gasteiger partial charge in [0.1, 0.15) is 11.2 Å². The Labute approximate surface area is 357 Å². The molecule has 0 aliphatic heterocycles. The van der Waals surface area contributed by atoms with Crippen molar-refractivity contribution >= 4 is 43.7 Å². The second-order valence-corrected chi connectivity index (χ2v) is 15.5. The maximum Gasteiger partial charge on any atom is 0.164 e. The summed E-state index contributed by atoms with van der Waals surface area (Å²) in [6.07, 6.45) is 0. The third-order valence-electron chi connectivity index (χ3n) is 11.9. The molecule has 0 radical (unpaired) electrons. The fourth-order valence-electron chi connectivity index (χ4n) is 9.04. The van der Waals surface area contributed by atoms with Gasteiger partial charge in [-0.25, -0.2) is 15.0 Å². The largest absolute Gasteiger partial charge is 0.456 e. The molecule has 12 rings (SSSR count). The van der Waals surface area contributed by atoms with E-state index >= 15 is 0 Å². The van der Waals surface area contributed by atoms with Gasteiger partial charge in [0.05, 0.1) is 11.0 Å². The van der Waals surface area contributed by atoms with Gasteiger partial charge >= 0.3 is 0 Å². The van der Waals surface area contributed by atoms with E-state index in [1.807, 2.05) is 36.4 Å². The van der Waals surface area contributed by atoms with Crippen LogP contribution in [0.2, 0.25) is 0 Å². The van der Waals surface area contributed by atoms with Gasteiger partial charge in [0.15, 0.2) is 17.5 Å². The van der Waals surface area contributed by atoms with Gasteiger partial charge in [-0.05, 0) is 70.3 Å². The Kier molecular flexibility index (Phi) is 8.42. The first kappa shape index (κ1) is 35.5. The van der Waals surface area contributed by atoms with Gasteiger partial charge in [-0.1, -0.05) is 176 Å². The minimum atomic E-state index is 0.578. The molecular formula is C57H36N4O. The van der Waals surface area contributed by atoms with Crippen molar-refractivity contribution in [3.05, 3.63) is 218 Å². The second kappa shape index (κ2) is 14.7. The van der Waals surface area contributed by atoms with Gasteiger partial charge in [0, 0.05) is 49.5 Å². The molecule has 0 saturated heterocycles. The van der Waals surface area contributed by atoms with Crippen molar-refractivity contribution in [2.45, 2.75) is 0 Å². The molecule has 3 heterocycles. The van der Waals surface area contributed by atoms with Gasteiger partial charge < -0.3 is 8.98 Å². The van der Waals surface area contributed by atoms with Crippen molar-refractivity contribution in [1.29, 1.82) is 0 Å². The minimum absolute atomic E-state index is 0.578. The highest BCUT2D eigenvalue weighted by molar-refractivity contribution is 6.17. The lowest BCUT2D eigenvalue weighted by Gasteiger charge is -2.15. The highest BCUT2D eigenvalue weighted by atomic mass is 16.3. The van der Waals surface area contributed by atoms with Crippen LogP contribution in [0.3, 0.4) is 0 Å². The molecule has 0 spiro atoms. The summed E-state index contributed by atoms with van der Waals surface area (Å²) in [4.78, 5) is 15.2. The van der Waals surface area contributed by atoms with Crippen molar-refractivity contribution in [2.75, 3.05) is 0 Å². The molecule has 0 aliphatic carbocycles. The summed E-state index contributed by atoms with van der Waals surface area (Å²) in [7, 11) is 0. The van der Waals surface area contributed by atoms with E-state index in [0.717, 1.165) is 72.1 Å². The zero-order chi connectivity index (χ0) is 41.0. The molecule has 0 atom stereocenters. The number of hydrogen-bond acceptors (Lipinski definition) is 4. The number of aromatic nitrogens is 4. The van der Waals surface area contributed by atoms with Crippen molar-refractivity contribution in [3.8, 4) is 73.2 Å². The van der Waals surface area contributed by atoms with Gasteiger partial charge in [-0.15, -0.1) is 0 Å². The predicted molar refractivity (Wildman–Crippen MR) is 254 cm³/mol. The van der Waals surface area contributed by atoms with Crippen molar-refractivity contribution in [2.24, 2.45) is 0 Å². The number of benzene rings is 9.